The molecule has 0 N–H and O–H groups in total. The Morgan fingerprint density at radius 1 is 0.680 bits per heavy atom. The number of hydrogen-bond acceptors (Lipinski definition) is 0. The number of benzene rings is 2. The Morgan fingerprint density at radius 3 is 1.68 bits per heavy atom. The minimum absolute atomic E-state index is 0.857. The molecular weight excluding hydrogens is 300 g/mol. The van der Waals surface area contributed by atoms with Crippen molar-refractivity contribution in [2.24, 2.45) is 11.8 Å². The molecule has 0 spiro atoms. The number of fused-ring (bicyclic) bond motifs is 1. The van der Waals surface area contributed by atoms with Gasteiger partial charge >= 0.3 is 0 Å². The van der Waals surface area contributed by atoms with Crippen molar-refractivity contribution in [1.82, 2.24) is 0 Å². The Balaban J connectivity index is 2.04. The Bertz CT molecular complexity index is 625. The molecule has 138 valence electrons. The van der Waals surface area contributed by atoms with E-state index >= 15 is 0 Å². The fourth-order valence-electron chi connectivity index (χ4n) is 3.98. The van der Waals surface area contributed by atoms with Crippen molar-refractivity contribution in [2.45, 2.75) is 85.5 Å². The van der Waals surface area contributed by atoms with Crippen LogP contribution in [-0.2, 0) is 12.8 Å². The summed E-state index contributed by atoms with van der Waals surface area (Å²) in [6.45, 7) is 9.38. The van der Waals surface area contributed by atoms with Crippen LogP contribution in [0, 0.1) is 11.8 Å². The van der Waals surface area contributed by atoms with Crippen LogP contribution in [0.1, 0.15) is 83.8 Å². The lowest BCUT2D eigenvalue weighted by molar-refractivity contribution is 0.470. The monoisotopic (exact) mass is 338 g/mol. The summed E-state index contributed by atoms with van der Waals surface area (Å²) in [6, 6.07) is 13.9. The molecule has 2 aromatic rings. The Kier molecular flexibility index (Phi) is 8.52. The zero-order valence-corrected chi connectivity index (χ0v) is 17.0. The van der Waals surface area contributed by atoms with Crippen LogP contribution in [-0.4, -0.2) is 0 Å². The minimum Gasteiger partial charge on any atom is -0.0654 e. The summed E-state index contributed by atoms with van der Waals surface area (Å²) in [6.07, 6.45) is 11.8. The zero-order valence-electron chi connectivity index (χ0n) is 17.0. The molecule has 0 nitrogen and oxygen atoms in total. The largest absolute Gasteiger partial charge is 0.0654 e. The Labute approximate surface area is 156 Å². The summed E-state index contributed by atoms with van der Waals surface area (Å²) < 4.78 is 0. The predicted molar refractivity (Wildman–Crippen MR) is 113 cm³/mol. The number of rotatable bonds is 11. The molecule has 0 aliphatic carbocycles. The summed E-state index contributed by atoms with van der Waals surface area (Å²) in [5.41, 5.74) is 3.09. The Morgan fingerprint density at radius 2 is 1.20 bits per heavy atom. The number of hydrogen-bond donors (Lipinski definition) is 0. The van der Waals surface area contributed by atoms with Crippen molar-refractivity contribution >= 4 is 10.8 Å². The van der Waals surface area contributed by atoms with E-state index in [1.54, 1.807) is 11.1 Å². The van der Waals surface area contributed by atoms with Gasteiger partial charge in [0.15, 0.2) is 0 Å². The highest BCUT2D eigenvalue weighted by molar-refractivity contribution is 5.88. The van der Waals surface area contributed by atoms with E-state index in [2.05, 4.69) is 64.1 Å². The van der Waals surface area contributed by atoms with Crippen LogP contribution in [0.25, 0.3) is 10.8 Å². The van der Waals surface area contributed by atoms with Gasteiger partial charge in [-0.05, 0) is 59.4 Å². The van der Waals surface area contributed by atoms with E-state index in [0.29, 0.717) is 0 Å². The van der Waals surface area contributed by atoms with E-state index < -0.39 is 0 Å². The molecule has 2 aromatic carbocycles. The second-order valence-corrected chi connectivity index (χ2v) is 8.12. The molecule has 0 aliphatic rings. The lowest BCUT2D eigenvalue weighted by atomic mass is 9.91. The van der Waals surface area contributed by atoms with Crippen LogP contribution >= 0.6 is 0 Å². The topological polar surface area (TPSA) is 0 Å². The van der Waals surface area contributed by atoms with Gasteiger partial charge in [-0.25, -0.2) is 0 Å². The lowest BCUT2D eigenvalue weighted by Gasteiger charge is -2.14. The first-order valence-electron chi connectivity index (χ1n) is 10.6. The average Bonchev–Trinajstić information content (AvgIpc) is 2.63. The van der Waals surface area contributed by atoms with Crippen LogP contribution in [0.4, 0.5) is 0 Å². The first-order chi connectivity index (χ1) is 12.2. The van der Waals surface area contributed by atoms with Crippen molar-refractivity contribution in [3.8, 4) is 0 Å². The highest BCUT2D eigenvalue weighted by Crippen LogP contribution is 2.27. The highest BCUT2D eigenvalue weighted by atomic mass is 14.1. The summed E-state index contributed by atoms with van der Waals surface area (Å²) in [5.74, 6) is 1.73. The molecule has 0 amide bonds. The number of aryl methyl sites for hydroxylation is 2. The highest BCUT2D eigenvalue weighted by Gasteiger charge is 2.08. The van der Waals surface area contributed by atoms with Gasteiger partial charge in [0, 0.05) is 0 Å². The molecule has 0 radical (unpaired) electrons. The minimum atomic E-state index is 0.857. The molecule has 0 saturated heterocycles. The molecule has 0 heteroatoms. The van der Waals surface area contributed by atoms with E-state index in [1.165, 1.54) is 68.6 Å². The molecule has 0 aliphatic heterocycles. The van der Waals surface area contributed by atoms with Gasteiger partial charge in [-0.1, -0.05) is 96.2 Å². The van der Waals surface area contributed by atoms with Crippen molar-refractivity contribution in [3.05, 3.63) is 47.5 Å². The molecular formula is C25H38. The Hall–Kier alpha value is -1.30. The van der Waals surface area contributed by atoms with Crippen LogP contribution in [0.5, 0.6) is 0 Å². The summed E-state index contributed by atoms with van der Waals surface area (Å²) in [7, 11) is 0. The van der Waals surface area contributed by atoms with Crippen molar-refractivity contribution in [1.29, 1.82) is 0 Å². The van der Waals surface area contributed by atoms with Gasteiger partial charge < -0.3 is 0 Å². The molecule has 0 heterocycles. The third-order valence-corrected chi connectivity index (χ3v) is 5.87. The molecule has 2 unspecified atom stereocenters. The fourth-order valence-corrected chi connectivity index (χ4v) is 3.98. The second-order valence-electron chi connectivity index (χ2n) is 8.12. The maximum absolute atomic E-state index is 2.41. The summed E-state index contributed by atoms with van der Waals surface area (Å²) >= 11 is 0. The lowest BCUT2D eigenvalue weighted by Crippen LogP contribution is -1.98. The first-order valence-corrected chi connectivity index (χ1v) is 10.6. The van der Waals surface area contributed by atoms with E-state index in [-0.39, 0.29) is 0 Å². The van der Waals surface area contributed by atoms with Gasteiger partial charge in [0.05, 0.1) is 0 Å². The summed E-state index contributed by atoms with van der Waals surface area (Å²) in [4.78, 5) is 0. The van der Waals surface area contributed by atoms with Crippen molar-refractivity contribution < 1.29 is 0 Å². The van der Waals surface area contributed by atoms with Gasteiger partial charge in [-0.15, -0.1) is 0 Å². The molecule has 0 bridgehead atoms. The molecule has 25 heavy (non-hydrogen) atoms. The molecule has 2 atom stereocenters. The van der Waals surface area contributed by atoms with E-state index in [4.69, 9.17) is 0 Å². The fraction of sp³-hybridized carbons (Fsp3) is 0.600. The second kappa shape index (κ2) is 10.6. The van der Waals surface area contributed by atoms with E-state index in [9.17, 15) is 0 Å². The van der Waals surface area contributed by atoms with Crippen LogP contribution in [0.2, 0.25) is 0 Å². The van der Waals surface area contributed by atoms with Crippen LogP contribution in [0.3, 0.4) is 0 Å². The smallest absolute Gasteiger partial charge is 0.0149 e. The normalized spacial score (nSPS) is 13.9. The molecule has 0 saturated carbocycles. The van der Waals surface area contributed by atoms with E-state index in [0.717, 1.165) is 11.8 Å². The van der Waals surface area contributed by atoms with E-state index in [1.807, 2.05) is 0 Å². The van der Waals surface area contributed by atoms with Crippen molar-refractivity contribution in [2.75, 3.05) is 0 Å². The maximum Gasteiger partial charge on any atom is -0.0149 e. The van der Waals surface area contributed by atoms with Crippen LogP contribution in [0.15, 0.2) is 36.4 Å². The molecule has 0 aromatic heterocycles. The van der Waals surface area contributed by atoms with Crippen LogP contribution < -0.4 is 0 Å². The first kappa shape index (κ1) is 20.0. The van der Waals surface area contributed by atoms with Gasteiger partial charge in [-0.2, -0.15) is 0 Å². The molecule has 0 fully saturated rings. The standard InChI is InChI=1S/C25H38/c1-5-11-21(4)13-10-15-23-19-18-22(14-9-12-20(3)6-2)24-16-7-8-17-25(23)24/h7-8,16-21H,5-6,9-15H2,1-4H3. The average molecular weight is 339 g/mol. The van der Waals surface area contributed by atoms with Gasteiger partial charge in [-0.3, -0.25) is 0 Å². The molecule has 2 rings (SSSR count). The third kappa shape index (κ3) is 6.17. The summed E-state index contributed by atoms with van der Waals surface area (Å²) in [5, 5.41) is 2.98. The SMILES string of the molecule is CCCC(C)CCCc1ccc(CCCC(C)CC)c2ccccc12. The van der Waals surface area contributed by atoms with Gasteiger partial charge in [0.1, 0.15) is 0 Å². The maximum atomic E-state index is 2.41. The van der Waals surface area contributed by atoms with Gasteiger partial charge in [0.2, 0.25) is 0 Å². The van der Waals surface area contributed by atoms with Gasteiger partial charge in [0.25, 0.3) is 0 Å². The predicted octanol–water partition coefficient (Wildman–Crippen LogP) is 7.97. The quantitative estimate of drug-likeness (QED) is 0.389. The zero-order chi connectivity index (χ0) is 18.1. The third-order valence-electron chi connectivity index (χ3n) is 5.87. The van der Waals surface area contributed by atoms with Crippen molar-refractivity contribution in [3.63, 3.8) is 0 Å².